The van der Waals surface area contributed by atoms with Crippen LogP contribution in [0.25, 0.3) is 0 Å². The molecule has 1 unspecified atom stereocenters. The second-order valence-corrected chi connectivity index (χ2v) is 9.77. The Morgan fingerprint density at radius 2 is 1.77 bits per heavy atom. The molecule has 0 saturated heterocycles. The largest absolute Gasteiger partial charge is 0.488 e. The SMILES string of the molecule is CC(C)C(NC(=O)c1ccc(Cl)cc1Cl)C(=O)N/N=C/c1ccccc1OCc1ccc(Br)cc1. The van der Waals surface area contributed by atoms with Crippen molar-refractivity contribution in [2.75, 3.05) is 0 Å². The van der Waals surface area contributed by atoms with Crippen LogP contribution in [0.4, 0.5) is 0 Å². The predicted molar refractivity (Wildman–Crippen MR) is 143 cm³/mol. The third kappa shape index (κ3) is 7.82. The van der Waals surface area contributed by atoms with Crippen LogP contribution in [0.3, 0.4) is 0 Å². The van der Waals surface area contributed by atoms with Crippen LogP contribution in [-0.4, -0.2) is 24.1 Å². The normalized spacial score (nSPS) is 11.9. The summed E-state index contributed by atoms with van der Waals surface area (Å²) in [7, 11) is 0. The Labute approximate surface area is 222 Å². The van der Waals surface area contributed by atoms with E-state index in [-0.39, 0.29) is 16.5 Å². The average Bonchev–Trinajstić information content (AvgIpc) is 2.82. The number of halogens is 3. The maximum atomic E-state index is 12.8. The first-order valence-electron chi connectivity index (χ1n) is 10.8. The van der Waals surface area contributed by atoms with Crippen molar-refractivity contribution < 1.29 is 14.3 Å². The number of para-hydroxylation sites is 1. The van der Waals surface area contributed by atoms with Crippen LogP contribution < -0.4 is 15.5 Å². The highest BCUT2D eigenvalue weighted by molar-refractivity contribution is 9.10. The number of nitrogens with one attached hydrogen (secondary N) is 2. The highest BCUT2D eigenvalue weighted by Crippen LogP contribution is 2.21. The van der Waals surface area contributed by atoms with E-state index in [9.17, 15) is 9.59 Å². The third-order valence-electron chi connectivity index (χ3n) is 5.02. The molecular weight excluding hydrogens is 553 g/mol. The zero-order valence-electron chi connectivity index (χ0n) is 19.1. The van der Waals surface area contributed by atoms with E-state index in [1.165, 1.54) is 18.3 Å². The van der Waals surface area contributed by atoms with Crippen molar-refractivity contribution in [3.8, 4) is 5.75 Å². The summed E-state index contributed by atoms with van der Waals surface area (Å²) in [6.45, 7) is 4.03. The van der Waals surface area contributed by atoms with Gasteiger partial charge in [0.25, 0.3) is 11.8 Å². The van der Waals surface area contributed by atoms with Crippen LogP contribution in [0, 0.1) is 5.92 Å². The minimum Gasteiger partial charge on any atom is -0.488 e. The van der Waals surface area contributed by atoms with E-state index >= 15 is 0 Å². The van der Waals surface area contributed by atoms with E-state index in [2.05, 4.69) is 31.8 Å². The third-order valence-corrected chi connectivity index (χ3v) is 6.09. The van der Waals surface area contributed by atoms with Crippen molar-refractivity contribution in [3.63, 3.8) is 0 Å². The van der Waals surface area contributed by atoms with Crippen molar-refractivity contribution in [1.82, 2.24) is 10.7 Å². The standard InChI is InChI=1S/C26H24BrCl2N3O3/c1-16(2)24(31-25(33)21-12-11-20(28)13-22(21)29)26(34)32-30-14-18-5-3-4-6-23(18)35-15-17-7-9-19(27)10-8-17/h3-14,16,24H,15H2,1-2H3,(H,31,33)(H,32,34)/b30-14+. The van der Waals surface area contributed by atoms with Crippen molar-refractivity contribution in [2.24, 2.45) is 11.0 Å². The fraction of sp³-hybridized carbons (Fsp3) is 0.192. The molecule has 0 fully saturated rings. The van der Waals surface area contributed by atoms with Gasteiger partial charge in [-0.25, -0.2) is 5.43 Å². The number of hydrogen-bond donors (Lipinski definition) is 2. The molecule has 0 saturated carbocycles. The van der Waals surface area contributed by atoms with Crippen LogP contribution in [0.1, 0.15) is 35.3 Å². The number of ether oxygens (including phenoxy) is 1. The van der Waals surface area contributed by atoms with Gasteiger partial charge in [0.05, 0.1) is 16.8 Å². The highest BCUT2D eigenvalue weighted by Gasteiger charge is 2.25. The highest BCUT2D eigenvalue weighted by atomic mass is 79.9. The van der Waals surface area contributed by atoms with Gasteiger partial charge in [-0.05, 0) is 53.9 Å². The van der Waals surface area contributed by atoms with E-state index in [0.29, 0.717) is 22.9 Å². The monoisotopic (exact) mass is 575 g/mol. The predicted octanol–water partition coefficient (Wildman–Crippen LogP) is 6.24. The van der Waals surface area contributed by atoms with E-state index in [0.717, 1.165) is 10.0 Å². The Hall–Kier alpha value is -2.87. The van der Waals surface area contributed by atoms with E-state index in [4.69, 9.17) is 27.9 Å². The molecule has 0 aliphatic rings. The molecule has 2 amide bonds. The number of hydrazone groups is 1. The van der Waals surface area contributed by atoms with Crippen LogP contribution in [-0.2, 0) is 11.4 Å². The minimum atomic E-state index is -0.824. The van der Waals surface area contributed by atoms with Gasteiger partial charge >= 0.3 is 0 Å². The van der Waals surface area contributed by atoms with Crippen molar-refractivity contribution >= 4 is 57.2 Å². The first kappa shape index (κ1) is 26.7. The zero-order chi connectivity index (χ0) is 25.4. The molecule has 1 atom stereocenters. The smallest absolute Gasteiger partial charge is 0.262 e. The van der Waals surface area contributed by atoms with Crippen LogP contribution in [0.5, 0.6) is 5.75 Å². The lowest BCUT2D eigenvalue weighted by Crippen LogP contribution is -2.48. The first-order chi connectivity index (χ1) is 16.7. The Morgan fingerprint density at radius 3 is 2.46 bits per heavy atom. The van der Waals surface area contributed by atoms with Crippen molar-refractivity contribution in [1.29, 1.82) is 0 Å². The summed E-state index contributed by atoms with van der Waals surface area (Å²) in [5.74, 6) is -0.500. The lowest BCUT2D eigenvalue weighted by molar-refractivity contribution is -0.123. The number of hydrogen-bond acceptors (Lipinski definition) is 4. The van der Waals surface area contributed by atoms with Gasteiger partial charge in [-0.3, -0.25) is 9.59 Å². The second kappa shape index (κ2) is 12.7. The molecule has 0 bridgehead atoms. The number of carbonyl (C=O) groups excluding carboxylic acids is 2. The quantitative estimate of drug-likeness (QED) is 0.234. The molecule has 0 heterocycles. The van der Waals surface area contributed by atoms with Crippen LogP contribution in [0.15, 0.2) is 76.3 Å². The first-order valence-corrected chi connectivity index (χ1v) is 12.3. The number of carbonyl (C=O) groups is 2. The summed E-state index contributed by atoms with van der Waals surface area (Å²) in [6, 6.07) is 18.9. The fourth-order valence-corrected chi connectivity index (χ4v) is 3.88. The number of rotatable bonds is 9. The molecule has 6 nitrogen and oxygen atoms in total. The molecule has 3 rings (SSSR count). The molecule has 3 aromatic rings. The Kier molecular flexibility index (Phi) is 9.72. The number of nitrogens with zero attached hydrogens (tertiary/aromatic N) is 1. The molecule has 0 spiro atoms. The summed E-state index contributed by atoms with van der Waals surface area (Å²) in [5.41, 5.74) is 4.45. The van der Waals surface area contributed by atoms with Gasteiger partial charge in [-0.15, -0.1) is 0 Å². The van der Waals surface area contributed by atoms with Gasteiger partial charge < -0.3 is 10.1 Å². The molecular formula is C26H24BrCl2N3O3. The fourth-order valence-electron chi connectivity index (χ4n) is 3.12. The lowest BCUT2D eigenvalue weighted by atomic mass is 10.0. The van der Waals surface area contributed by atoms with Crippen LogP contribution in [0.2, 0.25) is 10.0 Å². The minimum absolute atomic E-state index is 0.193. The maximum absolute atomic E-state index is 12.8. The summed E-state index contributed by atoms with van der Waals surface area (Å²) >= 11 is 15.4. The van der Waals surface area contributed by atoms with E-state index in [1.807, 2.05) is 62.4 Å². The van der Waals surface area contributed by atoms with Crippen molar-refractivity contribution in [2.45, 2.75) is 26.5 Å². The molecule has 0 radical (unpaired) electrons. The summed E-state index contributed by atoms with van der Waals surface area (Å²) in [4.78, 5) is 25.4. The molecule has 0 aliphatic heterocycles. The Balaban J connectivity index is 1.63. The van der Waals surface area contributed by atoms with Gasteiger partial charge in [0, 0.05) is 15.1 Å². The molecule has 0 aliphatic carbocycles. The molecule has 182 valence electrons. The summed E-state index contributed by atoms with van der Waals surface area (Å²) in [5, 5.41) is 7.41. The molecule has 35 heavy (non-hydrogen) atoms. The molecule has 0 aromatic heterocycles. The van der Waals surface area contributed by atoms with Crippen molar-refractivity contribution in [3.05, 3.63) is 97.9 Å². The Bertz CT molecular complexity index is 1220. The Morgan fingerprint density at radius 1 is 1.06 bits per heavy atom. The molecule has 9 heteroatoms. The lowest BCUT2D eigenvalue weighted by Gasteiger charge is -2.20. The van der Waals surface area contributed by atoms with Gasteiger partial charge in [0.15, 0.2) is 0 Å². The van der Waals surface area contributed by atoms with E-state index in [1.54, 1.807) is 6.07 Å². The topological polar surface area (TPSA) is 79.8 Å². The number of benzene rings is 3. The zero-order valence-corrected chi connectivity index (χ0v) is 22.2. The molecule has 2 N–H and O–H groups in total. The second-order valence-electron chi connectivity index (χ2n) is 8.01. The van der Waals surface area contributed by atoms with Gasteiger partial charge in [0.1, 0.15) is 18.4 Å². The van der Waals surface area contributed by atoms with Crippen LogP contribution >= 0.6 is 39.1 Å². The van der Waals surface area contributed by atoms with Gasteiger partial charge in [0.2, 0.25) is 0 Å². The molecule has 3 aromatic carbocycles. The van der Waals surface area contributed by atoms with E-state index < -0.39 is 17.9 Å². The van der Waals surface area contributed by atoms with Gasteiger partial charge in [-0.1, -0.05) is 77.2 Å². The summed E-state index contributed by atoms with van der Waals surface area (Å²) in [6.07, 6.45) is 1.50. The summed E-state index contributed by atoms with van der Waals surface area (Å²) < 4.78 is 6.93. The number of amides is 2. The average molecular weight is 577 g/mol. The maximum Gasteiger partial charge on any atom is 0.262 e. The van der Waals surface area contributed by atoms with Gasteiger partial charge in [-0.2, -0.15) is 5.10 Å².